The Morgan fingerprint density at radius 1 is 0.956 bits per heavy atom. The number of morpholine rings is 1. The fraction of sp³-hybridized carbons (Fsp3) is 0.457. The third-order valence-corrected chi connectivity index (χ3v) is 10.8. The summed E-state index contributed by atoms with van der Waals surface area (Å²) in [5.74, 6) is 1.11. The highest BCUT2D eigenvalue weighted by Crippen LogP contribution is 2.47. The summed E-state index contributed by atoms with van der Waals surface area (Å²) in [5.41, 5.74) is 2.92. The number of hydrogen-bond acceptors (Lipinski definition) is 7. The lowest BCUT2D eigenvalue weighted by Gasteiger charge is -2.46. The van der Waals surface area contributed by atoms with E-state index in [1.165, 1.54) is 32.5 Å². The average Bonchev–Trinajstić information content (AvgIpc) is 3.34. The third kappa shape index (κ3) is 5.87. The second kappa shape index (κ2) is 13.0. The van der Waals surface area contributed by atoms with Gasteiger partial charge in [-0.05, 0) is 79.7 Å². The number of carbonyl (C=O) groups is 1. The molecular weight excluding hydrogens is 615 g/mol. The predicted molar refractivity (Wildman–Crippen MR) is 174 cm³/mol. The molecule has 3 aromatic rings. The predicted octanol–water partition coefficient (Wildman–Crippen LogP) is 5.73. The number of ether oxygens (including phenoxy) is 4. The monoisotopic (exact) mass is 654 g/mol. The molecule has 2 heterocycles. The van der Waals surface area contributed by atoms with Crippen LogP contribution in [0.3, 0.4) is 0 Å². The van der Waals surface area contributed by atoms with E-state index in [4.69, 9.17) is 42.1 Å². The molecule has 0 bridgehead atoms. The molecule has 2 saturated heterocycles. The normalized spacial score (nSPS) is 22.7. The van der Waals surface area contributed by atoms with E-state index in [1.807, 2.05) is 17.0 Å². The molecule has 45 heavy (non-hydrogen) atoms. The maximum Gasteiger partial charge on any atom is 0.254 e. The lowest BCUT2D eigenvalue weighted by Crippen LogP contribution is -2.54. The number of carbonyl (C=O) groups excluding carboxylic acids is 1. The van der Waals surface area contributed by atoms with E-state index in [1.54, 1.807) is 18.2 Å². The number of hydrogen-bond donors (Lipinski definition) is 1. The molecule has 1 aliphatic carbocycles. The van der Waals surface area contributed by atoms with Gasteiger partial charge in [0.15, 0.2) is 11.5 Å². The summed E-state index contributed by atoms with van der Waals surface area (Å²) in [6.07, 6.45) is 2.82. The van der Waals surface area contributed by atoms with E-state index < -0.39 is 5.60 Å². The Labute approximate surface area is 274 Å². The molecule has 1 spiro atoms. The van der Waals surface area contributed by atoms with Gasteiger partial charge in [-0.3, -0.25) is 4.79 Å². The van der Waals surface area contributed by atoms with Crippen molar-refractivity contribution in [2.45, 2.75) is 42.8 Å². The topological polar surface area (TPSA) is 80.7 Å². The second-order valence-corrected chi connectivity index (χ2v) is 13.1. The minimum atomic E-state index is -0.794. The van der Waals surface area contributed by atoms with Crippen molar-refractivity contribution in [2.24, 2.45) is 0 Å². The molecule has 2 atom stereocenters. The van der Waals surface area contributed by atoms with Crippen LogP contribution in [-0.2, 0) is 22.2 Å². The first-order valence-electron chi connectivity index (χ1n) is 15.4. The highest BCUT2D eigenvalue weighted by molar-refractivity contribution is 6.42. The Bertz CT molecular complexity index is 1530. The SMILES string of the molecule is COc1cc(C(=O)N2CCO[C@@](CCN3CCC4(CC3)c3ccccc3C[C@@H]4O)(c3ccc(Cl)c(Cl)c3)C2)cc(OC)c1OC. The second-order valence-electron chi connectivity index (χ2n) is 12.2. The van der Waals surface area contributed by atoms with Gasteiger partial charge in [0, 0.05) is 24.1 Å². The van der Waals surface area contributed by atoms with Gasteiger partial charge in [-0.1, -0.05) is 53.5 Å². The standard InChI is InChI=1S/C35H40Cl2N2O6/c1-42-29-18-24(19-30(43-2)32(29)44-3)33(41)39-16-17-45-35(22-39,25-8-9-27(36)28(37)21-25)12-15-38-13-10-34(11-14-38)26-7-5-4-6-23(26)20-31(34)40/h4-9,18-19,21,31,40H,10-17,20,22H2,1-3H3/t31-,35+/m0/s1. The van der Waals surface area contributed by atoms with Crippen LogP contribution in [0, 0.1) is 0 Å². The van der Waals surface area contributed by atoms with Gasteiger partial charge >= 0.3 is 0 Å². The summed E-state index contributed by atoms with van der Waals surface area (Å²) in [4.78, 5) is 18.3. The van der Waals surface area contributed by atoms with Gasteiger partial charge in [0.2, 0.25) is 5.75 Å². The molecule has 1 amide bonds. The van der Waals surface area contributed by atoms with E-state index >= 15 is 0 Å². The molecule has 3 aliphatic rings. The van der Waals surface area contributed by atoms with E-state index in [2.05, 4.69) is 29.2 Å². The average molecular weight is 656 g/mol. The number of aliphatic hydroxyl groups is 1. The number of halogens is 2. The van der Waals surface area contributed by atoms with Crippen molar-refractivity contribution in [1.82, 2.24) is 9.80 Å². The number of aliphatic hydroxyl groups excluding tert-OH is 1. The molecule has 0 radical (unpaired) electrons. The maximum atomic E-state index is 14.0. The van der Waals surface area contributed by atoms with Crippen LogP contribution in [0.2, 0.25) is 10.0 Å². The van der Waals surface area contributed by atoms with E-state index in [-0.39, 0.29) is 17.4 Å². The molecule has 0 unspecified atom stereocenters. The zero-order chi connectivity index (χ0) is 31.8. The molecule has 1 N–H and O–H groups in total. The molecule has 240 valence electrons. The molecule has 8 nitrogen and oxygen atoms in total. The van der Waals surface area contributed by atoms with E-state index in [0.29, 0.717) is 59.0 Å². The first kappa shape index (κ1) is 32.0. The van der Waals surface area contributed by atoms with Gasteiger partial charge in [0.05, 0.1) is 50.6 Å². The lowest BCUT2D eigenvalue weighted by atomic mass is 9.72. The Morgan fingerprint density at radius 3 is 2.33 bits per heavy atom. The largest absolute Gasteiger partial charge is 0.493 e. The third-order valence-electron chi connectivity index (χ3n) is 10.0. The minimum absolute atomic E-state index is 0.157. The quantitative estimate of drug-likeness (QED) is 0.332. The number of piperidine rings is 1. The van der Waals surface area contributed by atoms with Crippen LogP contribution in [0.5, 0.6) is 17.2 Å². The number of nitrogens with zero attached hydrogens (tertiary/aromatic N) is 2. The summed E-state index contributed by atoms with van der Waals surface area (Å²) in [7, 11) is 4.60. The molecule has 0 saturated carbocycles. The summed E-state index contributed by atoms with van der Waals surface area (Å²) >= 11 is 12.8. The number of rotatable bonds is 8. The highest BCUT2D eigenvalue weighted by Gasteiger charge is 2.48. The summed E-state index contributed by atoms with van der Waals surface area (Å²) < 4.78 is 23.1. The van der Waals surface area contributed by atoms with Crippen molar-refractivity contribution in [3.63, 3.8) is 0 Å². The zero-order valence-electron chi connectivity index (χ0n) is 26.0. The zero-order valence-corrected chi connectivity index (χ0v) is 27.5. The molecule has 6 rings (SSSR count). The number of amides is 1. The fourth-order valence-corrected chi connectivity index (χ4v) is 7.78. The first-order valence-corrected chi connectivity index (χ1v) is 16.2. The molecule has 2 fully saturated rings. The van der Waals surface area contributed by atoms with Gasteiger partial charge in [-0.25, -0.2) is 0 Å². The Hall–Kier alpha value is -3.01. The number of benzene rings is 3. The fourth-order valence-electron chi connectivity index (χ4n) is 7.48. The Balaban J connectivity index is 1.23. The number of methoxy groups -OCH3 is 3. The van der Waals surface area contributed by atoms with Gasteiger partial charge in [-0.2, -0.15) is 0 Å². The van der Waals surface area contributed by atoms with Crippen molar-refractivity contribution in [3.8, 4) is 17.2 Å². The Morgan fingerprint density at radius 2 is 1.67 bits per heavy atom. The van der Waals surface area contributed by atoms with Crippen molar-refractivity contribution >= 4 is 29.1 Å². The smallest absolute Gasteiger partial charge is 0.254 e. The minimum Gasteiger partial charge on any atom is -0.493 e. The van der Waals surface area contributed by atoms with Crippen molar-refractivity contribution in [2.75, 3.05) is 60.7 Å². The Kier molecular flexibility index (Phi) is 9.24. The van der Waals surface area contributed by atoms with Crippen LogP contribution in [0.15, 0.2) is 54.6 Å². The molecule has 10 heteroatoms. The van der Waals surface area contributed by atoms with E-state index in [0.717, 1.165) is 44.5 Å². The van der Waals surface area contributed by atoms with Crippen LogP contribution in [0.25, 0.3) is 0 Å². The van der Waals surface area contributed by atoms with Crippen LogP contribution < -0.4 is 14.2 Å². The lowest BCUT2D eigenvalue weighted by molar-refractivity contribution is -0.114. The van der Waals surface area contributed by atoms with Crippen LogP contribution in [0.1, 0.15) is 46.3 Å². The first-order chi connectivity index (χ1) is 21.7. The number of fused-ring (bicyclic) bond motifs is 2. The van der Waals surface area contributed by atoms with Gasteiger partial charge in [0.25, 0.3) is 5.91 Å². The molecule has 2 aliphatic heterocycles. The highest BCUT2D eigenvalue weighted by atomic mass is 35.5. The summed E-state index contributed by atoms with van der Waals surface area (Å²) in [6, 6.07) is 17.4. The van der Waals surface area contributed by atoms with Crippen LogP contribution in [-0.4, -0.2) is 87.6 Å². The van der Waals surface area contributed by atoms with Crippen molar-refractivity contribution in [3.05, 3.63) is 86.9 Å². The van der Waals surface area contributed by atoms with Gasteiger partial charge < -0.3 is 33.9 Å². The van der Waals surface area contributed by atoms with Gasteiger partial charge in [0.1, 0.15) is 5.60 Å². The molecular formula is C35H40Cl2N2O6. The molecule has 3 aromatic carbocycles. The van der Waals surface area contributed by atoms with Crippen molar-refractivity contribution < 1.29 is 28.8 Å². The summed E-state index contributed by atoms with van der Waals surface area (Å²) in [5, 5.41) is 12.0. The van der Waals surface area contributed by atoms with E-state index in [9.17, 15) is 9.90 Å². The maximum absolute atomic E-state index is 14.0. The van der Waals surface area contributed by atoms with Crippen LogP contribution in [0.4, 0.5) is 0 Å². The van der Waals surface area contributed by atoms with Crippen molar-refractivity contribution in [1.29, 1.82) is 0 Å². The number of likely N-dealkylation sites (tertiary alicyclic amines) is 1. The van der Waals surface area contributed by atoms with Crippen LogP contribution >= 0.6 is 23.2 Å². The summed E-state index contributed by atoms with van der Waals surface area (Å²) in [6.45, 7) is 3.64. The van der Waals surface area contributed by atoms with Gasteiger partial charge in [-0.15, -0.1) is 0 Å². The molecule has 0 aromatic heterocycles.